The van der Waals surface area contributed by atoms with Crippen molar-refractivity contribution >= 4 is 28.5 Å². The van der Waals surface area contributed by atoms with Crippen LogP contribution >= 0.6 is 0 Å². The molecule has 2 N–H and O–H groups in total. The fourth-order valence-electron chi connectivity index (χ4n) is 1.99. The second-order valence-electron chi connectivity index (χ2n) is 4.48. The van der Waals surface area contributed by atoms with E-state index in [2.05, 4.69) is 4.98 Å². The van der Waals surface area contributed by atoms with Gasteiger partial charge in [-0.25, -0.2) is 0 Å². The third kappa shape index (κ3) is 2.14. The summed E-state index contributed by atoms with van der Waals surface area (Å²) in [6.07, 6.45) is 0. The van der Waals surface area contributed by atoms with E-state index in [1.54, 1.807) is 19.2 Å². The molecular formula is C15H15N3O2. The number of benzene rings is 2. The average Bonchev–Trinajstić information content (AvgIpc) is 2.89. The number of anilines is 3. The van der Waals surface area contributed by atoms with Crippen molar-refractivity contribution in [2.45, 2.75) is 0 Å². The minimum Gasteiger partial charge on any atom is -0.497 e. The molecule has 0 saturated carbocycles. The lowest BCUT2D eigenvalue weighted by Crippen LogP contribution is -2.09. The van der Waals surface area contributed by atoms with E-state index in [1.807, 2.05) is 42.3 Å². The van der Waals surface area contributed by atoms with E-state index >= 15 is 0 Å². The normalized spacial score (nSPS) is 10.7. The first-order valence-corrected chi connectivity index (χ1v) is 6.21. The molecule has 0 saturated heterocycles. The molecule has 0 aliphatic carbocycles. The first-order valence-electron chi connectivity index (χ1n) is 6.21. The third-order valence-electron chi connectivity index (χ3n) is 3.15. The molecule has 3 aromatic rings. The highest BCUT2D eigenvalue weighted by molar-refractivity contribution is 5.79. The smallest absolute Gasteiger partial charge is 0.302 e. The van der Waals surface area contributed by atoms with Crippen LogP contribution in [0.5, 0.6) is 5.75 Å². The number of nitrogens with two attached hydrogens (primary N) is 1. The molecule has 0 aliphatic rings. The molecule has 5 heteroatoms. The molecule has 0 bridgehead atoms. The van der Waals surface area contributed by atoms with Crippen molar-refractivity contribution in [1.29, 1.82) is 0 Å². The van der Waals surface area contributed by atoms with Gasteiger partial charge in [-0.15, -0.1) is 0 Å². The number of oxazole rings is 1. The highest BCUT2D eigenvalue weighted by Crippen LogP contribution is 2.28. The number of nitrogens with zero attached hydrogens (tertiary/aromatic N) is 2. The summed E-state index contributed by atoms with van der Waals surface area (Å²) in [5.41, 5.74) is 8.84. The van der Waals surface area contributed by atoms with E-state index in [4.69, 9.17) is 14.9 Å². The van der Waals surface area contributed by atoms with Crippen LogP contribution in [-0.4, -0.2) is 19.1 Å². The van der Waals surface area contributed by atoms with Crippen LogP contribution in [0.3, 0.4) is 0 Å². The van der Waals surface area contributed by atoms with Crippen LogP contribution in [0.4, 0.5) is 17.4 Å². The summed E-state index contributed by atoms with van der Waals surface area (Å²) in [5.74, 6) is 0.812. The summed E-state index contributed by atoms with van der Waals surface area (Å²) < 4.78 is 10.9. The zero-order valence-corrected chi connectivity index (χ0v) is 11.3. The lowest BCUT2D eigenvalue weighted by molar-refractivity contribution is 0.415. The van der Waals surface area contributed by atoms with Crippen LogP contribution in [-0.2, 0) is 0 Å². The Kier molecular flexibility index (Phi) is 2.95. The monoisotopic (exact) mass is 269 g/mol. The summed E-state index contributed by atoms with van der Waals surface area (Å²) in [7, 11) is 3.54. The van der Waals surface area contributed by atoms with Crippen molar-refractivity contribution in [1.82, 2.24) is 4.98 Å². The summed E-state index contributed by atoms with van der Waals surface area (Å²) >= 11 is 0. The second kappa shape index (κ2) is 4.77. The van der Waals surface area contributed by atoms with E-state index in [1.165, 1.54) is 0 Å². The number of fused-ring (bicyclic) bond motifs is 1. The zero-order valence-electron chi connectivity index (χ0n) is 11.3. The van der Waals surface area contributed by atoms with Gasteiger partial charge in [0.2, 0.25) is 0 Å². The van der Waals surface area contributed by atoms with E-state index in [9.17, 15) is 0 Å². The highest BCUT2D eigenvalue weighted by atomic mass is 16.5. The van der Waals surface area contributed by atoms with E-state index < -0.39 is 0 Å². The molecule has 0 amide bonds. The van der Waals surface area contributed by atoms with Crippen molar-refractivity contribution in [2.24, 2.45) is 0 Å². The van der Waals surface area contributed by atoms with Gasteiger partial charge in [0.25, 0.3) is 0 Å². The van der Waals surface area contributed by atoms with Crippen molar-refractivity contribution in [3.8, 4) is 5.75 Å². The van der Waals surface area contributed by atoms with Crippen LogP contribution in [0.15, 0.2) is 46.9 Å². The lowest BCUT2D eigenvalue weighted by Gasteiger charge is -2.14. The number of aromatic nitrogens is 1. The molecule has 5 nitrogen and oxygen atoms in total. The van der Waals surface area contributed by atoms with E-state index in [0.29, 0.717) is 11.7 Å². The van der Waals surface area contributed by atoms with Crippen LogP contribution in [0.1, 0.15) is 0 Å². The molecule has 0 atom stereocenters. The van der Waals surface area contributed by atoms with Gasteiger partial charge in [-0.05, 0) is 42.5 Å². The van der Waals surface area contributed by atoms with Gasteiger partial charge >= 0.3 is 6.01 Å². The topological polar surface area (TPSA) is 64.5 Å². The Morgan fingerprint density at radius 2 is 1.90 bits per heavy atom. The van der Waals surface area contributed by atoms with Crippen LogP contribution < -0.4 is 15.4 Å². The molecule has 0 fully saturated rings. The standard InChI is InChI=1S/C15H15N3O2/c1-18(11-4-6-12(19-2)7-5-11)15-17-13-9-10(16)3-8-14(13)20-15/h3-9H,16H2,1-2H3. The fraction of sp³-hybridized carbons (Fsp3) is 0.133. The van der Waals surface area contributed by atoms with Crippen molar-refractivity contribution in [2.75, 3.05) is 24.8 Å². The quantitative estimate of drug-likeness (QED) is 0.740. The molecule has 1 heterocycles. The molecule has 2 aromatic carbocycles. The second-order valence-corrected chi connectivity index (χ2v) is 4.48. The first kappa shape index (κ1) is 12.3. The van der Waals surface area contributed by atoms with Gasteiger partial charge in [-0.1, -0.05) is 0 Å². The van der Waals surface area contributed by atoms with Crippen LogP contribution in [0, 0.1) is 0 Å². The minimum absolute atomic E-state index is 0.524. The van der Waals surface area contributed by atoms with E-state index in [0.717, 1.165) is 22.5 Å². The van der Waals surface area contributed by atoms with Gasteiger partial charge in [0.15, 0.2) is 5.58 Å². The molecule has 0 aliphatic heterocycles. The summed E-state index contributed by atoms with van der Waals surface area (Å²) in [6.45, 7) is 0. The molecule has 3 rings (SSSR count). The number of hydrogen-bond acceptors (Lipinski definition) is 5. The number of methoxy groups -OCH3 is 1. The minimum atomic E-state index is 0.524. The molecule has 0 unspecified atom stereocenters. The van der Waals surface area contributed by atoms with Gasteiger partial charge in [-0.2, -0.15) is 4.98 Å². The molecule has 0 spiro atoms. The predicted molar refractivity (Wildman–Crippen MR) is 79.5 cm³/mol. The SMILES string of the molecule is COc1ccc(N(C)c2nc3cc(N)ccc3o2)cc1. The largest absolute Gasteiger partial charge is 0.497 e. The summed E-state index contributed by atoms with van der Waals surface area (Å²) in [6, 6.07) is 13.6. The van der Waals surface area contributed by atoms with Crippen molar-refractivity contribution < 1.29 is 9.15 Å². The number of ether oxygens (including phenoxy) is 1. The Morgan fingerprint density at radius 3 is 2.60 bits per heavy atom. The summed E-state index contributed by atoms with van der Waals surface area (Å²) in [5, 5.41) is 0. The lowest BCUT2D eigenvalue weighted by atomic mass is 10.3. The van der Waals surface area contributed by atoms with Gasteiger partial charge < -0.3 is 14.9 Å². The Hall–Kier alpha value is -2.69. The Bertz CT molecular complexity index is 734. The maximum absolute atomic E-state index is 5.74. The number of hydrogen-bond donors (Lipinski definition) is 1. The zero-order chi connectivity index (χ0) is 14.1. The fourth-order valence-corrected chi connectivity index (χ4v) is 1.99. The van der Waals surface area contributed by atoms with Gasteiger partial charge in [-0.3, -0.25) is 4.90 Å². The third-order valence-corrected chi connectivity index (χ3v) is 3.15. The van der Waals surface area contributed by atoms with Crippen LogP contribution in [0.25, 0.3) is 11.1 Å². The Labute approximate surface area is 116 Å². The van der Waals surface area contributed by atoms with Crippen molar-refractivity contribution in [3.05, 3.63) is 42.5 Å². The molecule has 1 aromatic heterocycles. The highest BCUT2D eigenvalue weighted by Gasteiger charge is 2.12. The summed E-state index contributed by atoms with van der Waals surface area (Å²) in [4.78, 5) is 6.31. The van der Waals surface area contributed by atoms with Gasteiger partial charge in [0.05, 0.1) is 7.11 Å². The molecule has 0 radical (unpaired) electrons. The van der Waals surface area contributed by atoms with Crippen molar-refractivity contribution in [3.63, 3.8) is 0 Å². The van der Waals surface area contributed by atoms with E-state index in [-0.39, 0.29) is 0 Å². The molecular weight excluding hydrogens is 254 g/mol. The predicted octanol–water partition coefficient (Wildman–Crippen LogP) is 3.19. The maximum Gasteiger partial charge on any atom is 0.302 e. The molecule has 20 heavy (non-hydrogen) atoms. The van der Waals surface area contributed by atoms with Gasteiger partial charge in [0, 0.05) is 18.4 Å². The number of nitrogen functional groups attached to an aromatic ring is 1. The maximum atomic E-state index is 5.74. The Balaban J connectivity index is 1.96. The molecule has 102 valence electrons. The average molecular weight is 269 g/mol. The van der Waals surface area contributed by atoms with Crippen LogP contribution in [0.2, 0.25) is 0 Å². The Morgan fingerprint density at radius 1 is 1.15 bits per heavy atom. The van der Waals surface area contributed by atoms with Gasteiger partial charge in [0.1, 0.15) is 11.3 Å². The first-order chi connectivity index (χ1) is 9.67. The number of rotatable bonds is 3.